The van der Waals surface area contributed by atoms with Gasteiger partial charge in [-0.25, -0.2) is 0 Å². The first-order valence-electron chi connectivity index (χ1n) is 6.60. The lowest BCUT2D eigenvalue weighted by Crippen LogP contribution is -2.30. The molecule has 0 saturated carbocycles. The minimum atomic E-state index is -0.874. The normalized spacial score (nSPS) is 17.1. The number of alkyl halides is 2. The average Bonchev–Trinajstić information content (AvgIpc) is 2.76. The Balaban J connectivity index is 1.85. The summed E-state index contributed by atoms with van der Waals surface area (Å²) in [7, 11) is 0. The third kappa shape index (κ3) is 2.84. The highest BCUT2D eigenvalue weighted by Crippen LogP contribution is 2.43. The molecule has 3 rings (SSSR count). The van der Waals surface area contributed by atoms with Crippen LogP contribution in [0.15, 0.2) is 66.9 Å². The lowest BCUT2D eigenvalue weighted by Gasteiger charge is -2.28. The molecule has 1 heterocycles. The van der Waals surface area contributed by atoms with Crippen molar-refractivity contribution >= 4 is 28.8 Å². The van der Waals surface area contributed by atoms with Crippen molar-refractivity contribution in [3.05, 3.63) is 78.0 Å². The lowest BCUT2D eigenvalue weighted by molar-refractivity contribution is 0.331. The zero-order chi connectivity index (χ0) is 14.0. The van der Waals surface area contributed by atoms with Crippen molar-refractivity contribution in [1.29, 1.82) is 0 Å². The van der Waals surface area contributed by atoms with Gasteiger partial charge < -0.3 is 4.90 Å². The molecule has 0 unspecified atom stereocenters. The summed E-state index contributed by atoms with van der Waals surface area (Å²) in [6, 6.07) is 20.5. The molecular formula is C17H15Cl2N. The zero-order valence-corrected chi connectivity index (χ0v) is 12.5. The molecule has 0 aromatic heterocycles. The van der Waals surface area contributed by atoms with E-state index in [4.69, 9.17) is 23.2 Å². The third-order valence-corrected chi connectivity index (χ3v) is 4.18. The summed E-state index contributed by atoms with van der Waals surface area (Å²) in [5.74, 6) is 0. The highest BCUT2D eigenvalue weighted by atomic mass is 35.5. The second-order valence-corrected chi connectivity index (χ2v) is 6.42. The van der Waals surface area contributed by atoms with Crippen LogP contribution < -0.4 is 0 Å². The Morgan fingerprint density at radius 2 is 1.50 bits per heavy atom. The van der Waals surface area contributed by atoms with Crippen molar-refractivity contribution in [2.24, 2.45) is 0 Å². The van der Waals surface area contributed by atoms with Crippen LogP contribution in [-0.2, 0) is 6.54 Å². The van der Waals surface area contributed by atoms with Crippen LogP contribution in [0.5, 0.6) is 0 Å². The van der Waals surface area contributed by atoms with Crippen LogP contribution in [0.25, 0.3) is 5.57 Å². The van der Waals surface area contributed by atoms with Crippen molar-refractivity contribution in [3.63, 3.8) is 0 Å². The van der Waals surface area contributed by atoms with Crippen molar-refractivity contribution in [2.75, 3.05) is 0 Å². The molecular weight excluding hydrogens is 289 g/mol. The van der Waals surface area contributed by atoms with Gasteiger partial charge in [0.05, 0.1) is 0 Å². The van der Waals surface area contributed by atoms with Gasteiger partial charge in [0.2, 0.25) is 0 Å². The van der Waals surface area contributed by atoms with E-state index in [9.17, 15) is 0 Å². The van der Waals surface area contributed by atoms with Crippen LogP contribution in [-0.4, -0.2) is 9.36 Å². The molecule has 1 nitrogen and oxygen atoms in total. The topological polar surface area (TPSA) is 3.24 Å². The van der Waals surface area contributed by atoms with Gasteiger partial charge in [0, 0.05) is 19.2 Å². The quantitative estimate of drug-likeness (QED) is 0.565. The predicted octanol–water partition coefficient (Wildman–Crippen LogP) is 5.06. The molecule has 0 atom stereocenters. The van der Waals surface area contributed by atoms with Crippen LogP contribution in [0, 0.1) is 0 Å². The van der Waals surface area contributed by atoms with E-state index < -0.39 is 4.46 Å². The molecule has 0 N–H and O–H groups in total. The van der Waals surface area contributed by atoms with E-state index in [2.05, 4.69) is 30.5 Å². The SMILES string of the molecule is ClC1(Cl)CC(c2ccccc2)=CN1Cc1ccccc1. The first kappa shape index (κ1) is 13.5. The molecule has 2 aromatic carbocycles. The van der Waals surface area contributed by atoms with Gasteiger partial charge in [-0.15, -0.1) is 0 Å². The summed E-state index contributed by atoms with van der Waals surface area (Å²) in [6.45, 7) is 0.712. The van der Waals surface area contributed by atoms with Gasteiger partial charge in [0.1, 0.15) is 0 Å². The van der Waals surface area contributed by atoms with E-state index in [-0.39, 0.29) is 0 Å². The van der Waals surface area contributed by atoms with Crippen LogP contribution >= 0.6 is 23.2 Å². The highest BCUT2D eigenvalue weighted by molar-refractivity contribution is 6.48. The predicted molar refractivity (Wildman–Crippen MR) is 85.5 cm³/mol. The van der Waals surface area contributed by atoms with E-state index in [1.807, 2.05) is 41.3 Å². The molecule has 1 aliphatic rings. The van der Waals surface area contributed by atoms with E-state index in [0.717, 1.165) is 0 Å². The molecule has 0 amide bonds. The molecule has 0 fully saturated rings. The second-order valence-electron chi connectivity index (χ2n) is 4.98. The number of hydrogen-bond donors (Lipinski definition) is 0. The van der Waals surface area contributed by atoms with Crippen LogP contribution in [0.3, 0.4) is 0 Å². The van der Waals surface area contributed by atoms with E-state index in [1.54, 1.807) is 0 Å². The van der Waals surface area contributed by atoms with Gasteiger partial charge in [-0.1, -0.05) is 83.9 Å². The van der Waals surface area contributed by atoms with Crippen molar-refractivity contribution in [2.45, 2.75) is 17.4 Å². The minimum absolute atomic E-state index is 0.632. The summed E-state index contributed by atoms with van der Waals surface area (Å²) >= 11 is 12.9. The summed E-state index contributed by atoms with van der Waals surface area (Å²) in [5, 5.41) is 0. The Morgan fingerprint density at radius 1 is 0.900 bits per heavy atom. The molecule has 2 aromatic rings. The number of halogens is 2. The smallest absolute Gasteiger partial charge is 0.194 e. The molecule has 3 heteroatoms. The number of nitrogens with zero attached hydrogens (tertiary/aromatic N) is 1. The molecule has 0 bridgehead atoms. The van der Waals surface area contributed by atoms with Gasteiger partial charge in [0.25, 0.3) is 0 Å². The molecule has 0 saturated heterocycles. The first-order valence-corrected chi connectivity index (χ1v) is 7.35. The fourth-order valence-corrected chi connectivity index (χ4v) is 2.93. The molecule has 102 valence electrons. The largest absolute Gasteiger partial charge is 0.342 e. The fraction of sp³-hybridized carbons (Fsp3) is 0.176. The first-order chi connectivity index (χ1) is 9.65. The lowest BCUT2D eigenvalue weighted by atomic mass is 10.1. The van der Waals surface area contributed by atoms with Gasteiger partial charge in [-0.05, 0) is 16.7 Å². The van der Waals surface area contributed by atoms with Crippen molar-refractivity contribution in [1.82, 2.24) is 4.90 Å². The van der Waals surface area contributed by atoms with Crippen LogP contribution in [0.4, 0.5) is 0 Å². The van der Waals surface area contributed by atoms with Crippen LogP contribution in [0.2, 0.25) is 0 Å². The van der Waals surface area contributed by atoms with E-state index >= 15 is 0 Å². The van der Waals surface area contributed by atoms with Gasteiger partial charge in [-0.3, -0.25) is 0 Å². The van der Waals surface area contributed by atoms with Crippen LogP contribution in [0.1, 0.15) is 17.5 Å². The maximum atomic E-state index is 6.47. The Morgan fingerprint density at radius 3 is 2.15 bits per heavy atom. The highest BCUT2D eigenvalue weighted by Gasteiger charge is 2.37. The summed E-state index contributed by atoms with van der Waals surface area (Å²) in [6.07, 6.45) is 2.70. The molecule has 1 aliphatic heterocycles. The molecule has 0 radical (unpaired) electrons. The van der Waals surface area contributed by atoms with Crippen molar-refractivity contribution in [3.8, 4) is 0 Å². The summed E-state index contributed by atoms with van der Waals surface area (Å²) in [4.78, 5) is 1.99. The van der Waals surface area contributed by atoms with Gasteiger partial charge in [-0.2, -0.15) is 0 Å². The Labute approximate surface area is 129 Å². The van der Waals surface area contributed by atoms with Gasteiger partial charge >= 0.3 is 0 Å². The van der Waals surface area contributed by atoms with Crippen molar-refractivity contribution < 1.29 is 0 Å². The average molecular weight is 304 g/mol. The van der Waals surface area contributed by atoms with E-state index in [1.165, 1.54) is 16.7 Å². The third-order valence-electron chi connectivity index (χ3n) is 3.48. The molecule has 0 aliphatic carbocycles. The maximum Gasteiger partial charge on any atom is 0.194 e. The Hall–Kier alpha value is -1.44. The zero-order valence-electron chi connectivity index (χ0n) is 11.0. The summed E-state index contributed by atoms with van der Waals surface area (Å²) in [5.41, 5.74) is 3.55. The number of rotatable bonds is 3. The molecule has 20 heavy (non-hydrogen) atoms. The Bertz CT molecular complexity index is 605. The minimum Gasteiger partial charge on any atom is -0.342 e. The Kier molecular flexibility index (Phi) is 3.73. The molecule has 0 spiro atoms. The standard InChI is InChI=1S/C17H15Cl2N/c18-17(19)11-16(15-9-5-2-6-10-15)13-20(17)12-14-7-3-1-4-8-14/h1-10,13H,11-12H2. The van der Waals surface area contributed by atoms with E-state index in [0.29, 0.717) is 13.0 Å². The summed E-state index contributed by atoms with van der Waals surface area (Å²) < 4.78 is -0.874. The fourth-order valence-electron chi connectivity index (χ4n) is 2.43. The number of benzene rings is 2. The monoisotopic (exact) mass is 303 g/mol. The van der Waals surface area contributed by atoms with Gasteiger partial charge in [0.15, 0.2) is 4.46 Å². The second kappa shape index (κ2) is 5.51. The maximum absolute atomic E-state index is 6.47. The number of hydrogen-bond acceptors (Lipinski definition) is 1.